The zero-order valence-corrected chi connectivity index (χ0v) is 18.2. The number of aromatic nitrogens is 2. The van der Waals surface area contributed by atoms with Crippen molar-refractivity contribution in [1.29, 1.82) is 0 Å². The standard InChI is InChI=1S/C23H20ClN3O2S/c1-15-6-3-4-8-19(15)29-14-21(28)27(13-17-7-5-11-25-12-17)23-26-22-16(2)18(24)9-10-20(22)30-23/h3-12H,13-14H2,1-2H3. The third-order valence-electron chi connectivity index (χ3n) is 4.78. The van der Waals surface area contributed by atoms with Crippen molar-refractivity contribution in [2.75, 3.05) is 11.5 Å². The number of carbonyl (C=O) groups excluding carboxylic acids is 1. The molecular weight excluding hydrogens is 418 g/mol. The molecule has 2 aromatic carbocycles. The van der Waals surface area contributed by atoms with Gasteiger partial charge in [-0.3, -0.25) is 14.7 Å². The number of pyridine rings is 1. The zero-order valence-electron chi connectivity index (χ0n) is 16.6. The topological polar surface area (TPSA) is 55.3 Å². The summed E-state index contributed by atoms with van der Waals surface area (Å²) in [5.74, 6) is 0.518. The van der Waals surface area contributed by atoms with Crippen LogP contribution >= 0.6 is 22.9 Å². The number of ether oxygens (including phenoxy) is 1. The second-order valence-electron chi connectivity index (χ2n) is 6.91. The molecule has 2 heterocycles. The number of aryl methyl sites for hydroxylation is 2. The molecule has 7 heteroatoms. The van der Waals surface area contributed by atoms with Gasteiger partial charge in [0.1, 0.15) is 5.75 Å². The van der Waals surface area contributed by atoms with E-state index < -0.39 is 0 Å². The fourth-order valence-electron chi connectivity index (χ4n) is 3.08. The maximum Gasteiger partial charge on any atom is 0.267 e. The first-order valence-corrected chi connectivity index (χ1v) is 10.7. The Hall–Kier alpha value is -2.96. The molecular formula is C23H20ClN3O2S. The van der Waals surface area contributed by atoms with E-state index >= 15 is 0 Å². The minimum Gasteiger partial charge on any atom is -0.483 e. The number of rotatable bonds is 6. The van der Waals surface area contributed by atoms with Crippen LogP contribution in [0.1, 0.15) is 16.7 Å². The number of anilines is 1. The summed E-state index contributed by atoms with van der Waals surface area (Å²) in [7, 11) is 0. The lowest BCUT2D eigenvalue weighted by atomic mass is 10.2. The van der Waals surface area contributed by atoms with E-state index in [0.29, 0.717) is 22.4 Å². The van der Waals surface area contributed by atoms with E-state index in [2.05, 4.69) is 4.98 Å². The first-order valence-electron chi connectivity index (χ1n) is 9.46. The minimum atomic E-state index is -0.176. The summed E-state index contributed by atoms with van der Waals surface area (Å²) in [6, 6.07) is 15.2. The predicted molar refractivity (Wildman–Crippen MR) is 121 cm³/mol. The molecule has 4 aromatic rings. The third-order valence-corrected chi connectivity index (χ3v) is 6.23. The van der Waals surface area contributed by atoms with Crippen LogP contribution in [-0.2, 0) is 11.3 Å². The molecule has 152 valence electrons. The lowest BCUT2D eigenvalue weighted by Gasteiger charge is -2.20. The summed E-state index contributed by atoms with van der Waals surface area (Å²) < 4.78 is 6.79. The highest BCUT2D eigenvalue weighted by atomic mass is 35.5. The Morgan fingerprint density at radius 2 is 1.97 bits per heavy atom. The number of amides is 1. The molecule has 1 amide bonds. The number of carbonyl (C=O) groups is 1. The van der Waals surface area contributed by atoms with Crippen LogP contribution in [0.15, 0.2) is 60.9 Å². The molecule has 0 spiro atoms. The Labute approximate surface area is 183 Å². The number of hydrogen-bond donors (Lipinski definition) is 0. The third kappa shape index (κ3) is 4.30. The molecule has 0 saturated heterocycles. The van der Waals surface area contributed by atoms with Crippen molar-refractivity contribution in [3.63, 3.8) is 0 Å². The first kappa shape index (κ1) is 20.3. The van der Waals surface area contributed by atoms with Crippen LogP contribution < -0.4 is 9.64 Å². The summed E-state index contributed by atoms with van der Waals surface area (Å²) in [6.45, 7) is 4.16. The number of para-hydroxylation sites is 1. The fourth-order valence-corrected chi connectivity index (χ4v) is 4.27. The Morgan fingerprint density at radius 3 is 2.73 bits per heavy atom. The summed E-state index contributed by atoms with van der Waals surface area (Å²) in [6.07, 6.45) is 3.46. The lowest BCUT2D eigenvalue weighted by molar-refractivity contribution is -0.120. The minimum absolute atomic E-state index is 0.0826. The van der Waals surface area contributed by atoms with Gasteiger partial charge in [0.2, 0.25) is 0 Å². The van der Waals surface area contributed by atoms with Gasteiger partial charge in [-0.05, 0) is 54.8 Å². The fraction of sp³-hybridized carbons (Fsp3) is 0.174. The van der Waals surface area contributed by atoms with Crippen LogP contribution in [-0.4, -0.2) is 22.5 Å². The molecule has 0 fully saturated rings. The van der Waals surface area contributed by atoms with Crippen molar-refractivity contribution >= 4 is 44.2 Å². The summed E-state index contributed by atoms with van der Waals surface area (Å²) in [5, 5.41) is 1.27. The van der Waals surface area contributed by atoms with E-state index in [-0.39, 0.29) is 12.5 Å². The van der Waals surface area contributed by atoms with Gasteiger partial charge in [-0.15, -0.1) is 0 Å². The maximum absolute atomic E-state index is 13.2. The van der Waals surface area contributed by atoms with Gasteiger partial charge < -0.3 is 4.74 Å². The van der Waals surface area contributed by atoms with E-state index in [1.54, 1.807) is 17.3 Å². The number of fused-ring (bicyclic) bond motifs is 1. The number of halogens is 1. The zero-order chi connectivity index (χ0) is 21.1. The molecule has 0 aliphatic heterocycles. The van der Waals surface area contributed by atoms with E-state index in [9.17, 15) is 4.79 Å². The number of benzene rings is 2. The van der Waals surface area contributed by atoms with Crippen molar-refractivity contribution < 1.29 is 9.53 Å². The van der Waals surface area contributed by atoms with Gasteiger partial charge in [-0.1, -0.05) is 47.2 Å². The maximum atomic E-state index is 13.2. The van der Waals surface area contributed by atoms with Gasteiger partial charge in [0, 0.05) is 17.4 Å². The van der Waals surface area contributed by atoms with E-state index in [0.717, 1.165) is 26.9 Å². The second kappa shape index (κ2) is 8.81. The molecule has 2 aromatic heterocycles. The molecule has 0 N–H and O–H groups in total. The van der Waals surface area contributed by atoms with Gasteiger partial charge in [0.05, 0.1) is 16.8 Å². The van der Waals surface area contributed by atoms with Crippen LogP contribution in [0.25, 0.3) is 10.2 Å². The molecule has 5 nitrogen and oxygen atoms in total. The van der Waals surface area contributed by atoms with Gasteiger partial charge in [-0.2, -0.15) is 0 Å². The Morgan fingerprint density at radius 1 is 1.13 bits per heavy atom. The normalized spacial score (nSPS) is 10.9. The van der Waals surface area contributed by atoms with E-state index in [4.69, 9.17) is 21.3 Å². The highest BCUT2D eigenvalue weighted by Crippen LogP contribution is 2.34. The Balaban J connectivity index is 1.65. The number of nitrogens with zero attached hydrogens (tertiary/aromatic N) is 3. The van der Waals surface area contributed by atoms with Crippen molar-refractivity contribution in [1.82, 2.24) is 9.97 Å². The van der Waals surface area contributed by atoms with Gasteiger partial charge in [0.25, 0.3) is 5.91 Å². The number of hydrogen-bond acceptors (Lipinski definition) is 5. The number of thiazole rings is 1. The molecule has 0 aliphatic rings. The summed E-state index contributed by atoms with van der Waals surface area (Å²) >= 11 is 7.72. The molecule has 30 heavy (non-hydrogen) atoms. The summed E-state index contributed by atoms with van der Waals surface area (Å²) in [5.41, 5.74) is 3.61. The molecule has 0 atom stereocenters. The van der Waals surface area contributed by atoms with Crippen LogP contribution in [0, 0.1) is 13.8 Å². The largest absolute Gasteiger partial charge is 0.483 e. The van der Waals surface area contributed by atoms with Crippen LogP contribution in [0.4, 0.5) is 5.13 Å². The van der Waals surface area contributed by atoms with E-state index in [1.807, 2.05) is 62.4 Å². The van der Waals surface area contributed by atoms with Gasteiger partial charge in [-0.25, -0.2) is 4.98 Å². The van der Waals surface area contributed by atoms with Crippen LogP contribution in [0.2, 0.25) is 5.02 Å². The first-order chi connectivity index (χ1) is 14.5. The van der Waals surface area contributed by atoms with Gasteiger partial charge in [0.15, 0.2) is 11.7 Å². The molecule has 0 aliphatic carbocycles. The molecule has 4 rings (SSSR count). The van der Waals surface area contributed by atoms with Crippen LogP contribution in [0.5, 0.6) is 5.75 Å². The monoisotopic (exact) mass is 437 g/mol. The van der Waals surface area contributed by atoms with Crippen molar-refractivity contribution in [2.45, 2.75) is 20.4 Å². The van der Waals surface area contributed by atoms with Crippen molar-refractivity contribution in [3.8, 4) is 5.75 Å². The lowest BCUT2D eigenvalue weighted by Crippen LogP contribution is -2.34. The summed E-state index contributed by atoms with van der Waals surface area (Å²) in [4.78, 5) is 23.7. The Kier molecular flexibility index (Phi) is 5.97. The highest BCUT2D eigenvalue weighted by Gasteiger charge is 2.22. The smallest absolute Gasteiger partial charge is 0.267 e. The Bertz CT molecular complexity index is 1190. The van der Waals surface area contributed by atoms with Gasteiger partial charge >= 0.3 is 0 Å². The average Bonchev–Trinajstić information content (AvgIpc) is 3.19. The van der Waals surface area contributed by atoms with Crippen molar-refractivity contribution in [2.24, 2.45) is 0 Å². The highest BCUT2D eigenvalue weighted by molar-refractivity contribution is 7.22. The quantitative estimate of drug-likeness (QED) is 0.395. The average molecular weight is 438 g/mol. The predicted octanol–water partition coefficient (Wildman–Crippen LogP) is 5.57. The molecule has 0 radical (unpaired) electrons. The molecule has 0 bridgehead atoms. The van der Waals surface area contributed by atoms with Crippen LogP contribution in [0.3, 0.4) is 0 Å². The molecule has 0 saturated carbocycles. The SMILES string of the molecule is Cc1ccccc1OCC(=O)N(Cc1cccnc1)c1nc2c(C)c(Cl)ccc2s1. The molecule has 0 unspecified atom stereocenters. The second-order valence-corrected chi connectivity index (χ2v) is 8.33. The van der Waals surface area contributed by atoms with Crippen molar-refractivity contribution in [3.05, 3.63) is 82.6 Å². The van der Waals surface area contributed by atoms with E-state index in [1.165, 1.54) is 11.3 Å².